The number of rotatable bonds is 10. The third kappa shape index (κ3) is 9.51. The van der Waals surface area contributed by atoms with Gasteiger partial charge in [0.2, 0.25) is 8.32 Å². The summed E-state index contributed by atoms with van der Waals surface area (Å²) in [5.74, 6) is 0.418. The molecule has 1 N–H and O–H groups in total. The molecule has 1 saturated heterocycles. The van der Waals surface area contributed by atoms with Crippen LogP contribution in [0.1, 0.15) is 11.7 Å². The Morgan fingerprint density at radius 1 is 0.848 bits per heavy atom. The summed E-state index contributed by atoms with van der Waals surface area (Å²) in [5, 5.41) is 0. The first-order valence-electron chi connectivity index (χ1n) is 11.7. The quantitative estimate of drug-likeness (QED) is 0.436. The van der Waals surface area contributed by atoms with Crippen LogP contribution in [0.25, 0.3) is 0 Å². The van der Waals surface area contributed by atoms with E-state index in [0.29, 0.717) is 18.1 Å². The molecule has 2 heterocycles. The first-order valence-corrected chi connectivity index (χ1v) is 25.3. The number of nitrogens with one attached hydrogen (secondary N) is 1. The van der Waals surface area contributed by atoms with Crippen LogP contribution >= 0.6 is 0 Å². The van der Waals surface area contributed by atoms with Crippen molar-refractivity contribution in [2.24, 2.45) is 0 Å². The van der Waals surface area contributed by atoms with Gasteiger partial charge in [0.05, 0.1) is 12.2 Å². The Kier molecular flexibility index (Phi) is 8.82. The number of hydrogen-bond acceptors (Lipinski definition) is 7. The molecule has 190 valence electrons. The molecule has 0 saturated carbocycles. The molecule has 0 spiro atoms. The van der Waals surface area contributed by atoms with E-state index >= 15 is 0 Å². The summed E-state index contributed by atoms with van der Waals surface area (Å²) < 4.78 is 32.5. The fourth-order valence-corrected chi connectivity index (χ4v) is 7.14. The highest BCUT2D eigenvalue weighted by molar-refractivity contribution is 6.71. The van der Waals surface area contributed by atoms with Gasteiger partial charge in [-0.05, 0) is 78.6 Å². The lowest BCUT2D eigenvalue weighted by Crippen LogP contribution is -2.48. The Morgan fingerprint density at radius 2 is 1.39 bits per heavy atom. The molecule has 1 aromatic heterocycles. The van der Waals surface area contributed by atoms with Crippen molar-refractivity contribution < 1.29 is 22.4 Å². The summed E-state index contributed by atoms with van der Waals surface area (Å²) in [6.07, 6.45) is 0.157. The SMILES string of the molecule is C[Si](C)(C)OC[C@H]1OC(c2cnc(=O)[nH]c2O[Si](C)(C)C)[C@H](O[Si](C)(C)C)[C@@H]1O[Si](C)(C)C. The predicted molar refractivity (Wildman–Crippen MR) is 142 cm³/mol. The van der Waals surface area contributed by atoms with Crippen LogP contribution in [0.4, 0.5) is 0 Å². The Balaban J connectivity index is 2.55. The number of hydrogen-bond donors (Lipinski definition) is 1. The number of nitrogens with zero attached hydrogens (tertiary/aromatic N) is 1. The normalized spacial score (nSPS) is 24.8. The van der Waals surface area contributed by atoms with E-state index in [0.717, 1.165) is 0 Å². The Morgan fingerprint density at radius 3 is 1.88 bits per heavy atom. The van der Waals surface area contributed by atoms with E-state index in [4.69, 9.17) is 22.4 Å². The minimum Gasteiger partial charge on any atom is -0.532 e. The maximum absolute atomic E-state index is 12.1. The molecule has 8 nitrogen and oxygen atoms in total. The number of H-pyrrole nitrogens is 1. The zero-order valence-corrected chi connectivity index (χ0v) is 26.5. The number of ether oxygens (including phenoxy) is 1. The van der Waals surface area contributed by atoms with Gasteiger partial charge >= 0.3 is 5.69 Å². The standard InChI is InChI=1S/C21H44N2O6Si4/c1-30(2,3)25-14-16-18(27-31(4,5)6)19(28-32(7,8)9)17(26-16)15-13-22-21(24)23-20(15)29-33(10,11)12/h13,16-19H,14H2,1-12H3,(H,22,23,24)/t16-,17?,18-,19+/m1/s1. The Labute approximate surface area is 203 Å². The van der Waals surface area contributed by atoms with Crippen LogP contribution in [-0.4, -0.2) is 68.2 Å². The molecule has 0 aromatic carbocycles. The summed E-state index contributed by atoms with van der Waals surface area (Å²) in [5.41, 5.74) is 0.251. The molecule has 1 aliphatic heterocycles. The fraction of sp³-hybridized carbons (Fsp3) is 0.810. The van der Waals surface area contributed by atoms with Crippen molar-refractivity contribution >= 4 is 33.3 Å². The smallest absolute Gasteiger partial charge is 0.347 e. The largest absolute Gasteiger partial charge is 0.532 e. The van der Waals surface area contributed by atoms with E-state index in [9.17, 15) is 4.79 Å². The van der Waals surface area contributed by atoms with E-state index in [1.807, 2.05) is 0 Å². The molecule has 33 heavy (non-hydrogen) atoms. The van der Waals surface area contributed by atoms with Crippen LogP contribution in [0.3, 0.4) is 0 Å². The Hall–Kier alpha value is -0.612. The van der Waals surface area contributed by atoms with Crippen molar-refractivity contribution in [3.05, 3.63) is 22.2 Å². The lowest BCUT2D eigenvalue weighted by Gasteiger charge is -2.35. The van der Waals surface area contributed by atoms with Gasteiger partial charge in [-0.1, -0.05) is 0 Å². The molecule has 2 rings (SSSR count). The molecule has 4 atom stereocenters. The van der Waals surface area contributed by atoms with Crippen molar-refractivity contribution in [1.29, 1.82) is 0 Å². The third-order valence-electron chi connectivity index (χ3n) is 4.49. The summed E-state index contributed by atoms with van der Waals surface area (Å²) in [6, 6.07) is 0. The molecule has 1 aliphatic rings. The molecule has 12 heteroatoms. The molecular formula is C21H44N2O6Si4. The molecule has 0 amide bonds. The van der Waals surface area contributed by atoms with Crippen LogP contribution in [0.15, 0.2) is 11.0 Å². The van der Waals surface area contributed by atoms with E-state index in [-0.39, 0.29) is 18.3 Å². The first kappa shape index (κ1) is 28.6. The van der Waals surface area contributed by atoms with Crippen molar-refractivity contribution in [2.45, 2.75) is 103 Å². The summed E-state index contributed by atoms with van der Waals surface area (Å²) in [4.78, 5) is 18.8. The minimum atomic E-state index is -2.01. The Bertz CT molecular complexity index is 855. The lowest BCUT2D eigenvalue weighted by atomic mass is 10.0. The van der Waals surface area contributed by atoms with Gasteiger partial charge < -0.3 is 22.4 Å². The van der Waals surface area contributed by atoms with Gasteiger partial charge in [0.15, 0.2) is 30.8 Å². The molecule has 0 aliphatic carbocycles. The second-order valence-electron chi connectivity index (χ2n) is 12.6. The summed E-state index contributed by atoms with van der Waals surface area (Å²) in [7, 11) is -7.70. The van der Waals surface area contributed by atoms with Crippen molar-refractivity contribution in [1.82, 2.24) is 9.97 Å². The molecule has 0 bridgehead atoms. The number of aromatic amines is 1. The average molecular weight is 533 g/mol. The van der Waals surface area contributed by atoms with Crippen LogP contribution in [0.2, 0.25) is 78.6 Å². The fourth-order valence-electron chi connectivity index (χ4n) is 3.51. The second kappa shape index (κ2) is 10.2. The van der Waals surface area contributed by atoms with E-state index < -0.39 is 45.1 Å². The van der Waals surface area contributed by atoms with E-state index in [1.165, 1.54) is 0 Å². The number of aromatic nitrogens is 2. The van der Waals surface area contributed by atoms with Gasteiger partial charge in [0.25, 0.3) is 0 Å². The van der Waals surface area contributed by atoms with Crippen molar-refractivity contribution in [3.8, 4) is 5.88 Å². The van der Waals surface area contributed by atoms with Gasteiger partial charge in [-0.2, -0.15) is 0 Å². The summed E-state index contributed by atoms with van der Waals surface area (Å²) in [6.45, 7) is 26.1. The van der Waals surface area contributed by atoms with Crippen LogP contribution < -0.4 is 10.1 Å². The van der Waals surface area contributed by atoms with Crippen LogP contribution in [0, 0.1) is 0 Å². The molecular weight excluding hydrogens is 489 g/mol. The zero-order chi connectivity index (χ0) is 25.4. The van der Waals surface area contributed by atoms with E-state index in [2.05, 4.69) is 88.5 Å². The molecule has 1 unspecified atom stereocenters. The molecule has 1 fully saturated rings. The lowest BCUT2D eigenvalue weighted by molar-refractivity contribution is -0.0159. The van der Waals surface area contributed by atoms with Gasteiger partial charge in [0, 0.05) is 6.20 Å². The highest BCUT2D eigenvalue weighted by atomic mass is 28.4. The highest BCUT2D eigenvalue weighted by Gasteiger charge is 2.51. The average Bonchev–Trinajstić information content (AvgIpc) is 2.85. The van der Waals surface area contributed by atoms with Crippen LogP contribution in [-0.2, 0) is 18.0 Å². The second-order valence-corrected chi connectivity index (χ2v) is 30.5. The maximum atomic E-state index is 12.1. The van der Waals surface area contributed by atoms with Crippen molar-refractivity contribution in [2.75, 3.05) is 6.61 Å². The van der Waals surface area contributed by atoms with Gasteiger partial charge in [-0.3, -0.25) is 4.98 Å². The van der Waals surface area contributed by atoms with Crippen LogP contribution in [0.5, 0.6) is 5.88 Å². The monoisotopic (exact) mass is 532 g/mol. The van der Waals surface area contributed by atoms with Gasteiger partial charge in [-0.25, -0.2) is 9.78 Å². The molecule has 0 radical (unpaired) electrons. The highest BCUT2D eigenvalue weighted by Crippen LogP contribution is 2.42. The maximum Gasteiger partial charge on any atom is 0.347 e. The molecule has 1 aromatic rings. The zero-order valence-electron chi connectivity index (χ0n) is 22.5. The van der Waals surface area contributed by atoms with Gasteiger partial charge in [-0.15, -0.1) is 0 Å². The topological polar surface area (TPSA) is 91.9 Å². The van der Waals surface area contributed by atoms with Crippen molar-refractivity contribution in [3.63, 3.8) is 0 Å². The summed E-state index contributed by atoms with van der Waals surface area (Å²) >= 11 is 0. The first-order chi connectivity index (χ1) is 14.7. The van der Waals surface area contributed by atoms with E-state index in [1.54, 1.807) is 6.20 Å². The van der Waals surface area contributed by atoms with Gasteiger partial charge in [0.1, 0.15) is 24.4 Å². The predicted octanol–water partition coefficient (Wildman–Crippen LogP) is 4.72. The minimum absolute atomic E-state index is 0.281. The third-order valence-corrected chi connectivity index (χ3v) is 8.30.